The van der Waals surface area contributed by atoms with Crippen LogP contribution < -0.4 is 10.6 Å². The summed E-state index contributed by atoms with van der Waals surface area (Å²) in [4.78, 5) is 29.8. The minimum atomic E-state index is -0.886. The predicted octanol–water partition coefficient (Wildman–Crippen LogP) is 6.73. The highest BCUT2D eigenvalue weighted by atomic mass is 35.5. The Hall–Kier alpha value is -3.39. The van der Waals surface area contributed by atoms with E-state index in [-0.39, 0.29) is 22.0 Å². The van der Waals surface area contributed by atoms with Crippen LogP contribution in [0.2, 0.25) is 10.0 Å². The Morgan fingerprint density at radius 2 is 1.66 bits per heavy atom. The molecular formula is C32H35Cl2N3O4. The number of allylic oxidation sites excluding steroid dienone is 1. The van der Waals surface area contributed by atoms with Crippen molar-refractivity contribution in [2.24, 2.45) is 5.92 Å². The minimum Gasteiger partial charge on any atom is -0.467 e. The Morgan fingerprint density at radius 1 is 0.976 bits per heavy atom. The number of carbonyl (C=O) groups excluding carboxylic acids is 2. The molecule has 1 amide bonds. The third kappa shape index (κ3) is 8.80. The van der Waals surface area contributed by atoms with Crippen LogP contribution in [-0.4, -0.2) is 43.2 Å². The van der Waals surface area contributed by atoms with Crippen LogP contribution in [-0.2, 0) is 27.3 Å². The molecule has 0 unspecified atom stereocenters. The molecule has 0 bridgehead atoms. The van der Waals surface area contributed by atoms with Crippen molar-refractivity contribution in [3.63, 3.8) is 0 Å². The summed E-state index contributed by atoms with van der Waals surface area (Å²) in [7, 11) is 2.97. The Balaban J connectivity index is 1.28. The van der Waals surface area contributed by atoms with Crippen molar-refractivity contribution in [2.45, 2.75) is 50.8 Å². The number of methoxy groups -OCH3 is 2. The standard InChI is InChI=1S/C32H35Cl2N3O4/c1-40-20-24-14-17-29(35-19-24)36-25-15-12-22(13-16-25)7-6-21-8-10-23(11-9-21)18-28(32(39)41-2)37-31(38)30-26(33)4-3-5-27(30)34/h3-11,14,17,19,22,25,28H,12-13,15-16,18,20H2,1-2H3,(H,35,36)(H,37,38)/b7-6+/t22?,25?,28-/m0/s1. The molecule has 1 heterocycles. The second-order valence-corrected chi connectivity index (χ2v) is 11.0. The average Bonchev–Trinajstić information content (AvgIpc) is 2.98. The van der Waals surface area contributed by atoms with Crippen molar-refractivity contribution < 1.29 is 19.1 Å². The van der Waals surface area contributed by atoms with Gasteiger partial charge in [0.1, 0.15) is 11.9 Å². The van der Waals surface area contributed by atoms with Crippen LogP contribution in [0, 0.1) is 5.92 Å². The maximum Gasteiger partial charge on any atom is 0.328 e. The van der Waals surface area contributed by atoms with Crippen LogP contribution in [0.1, 0.15) is 52.7 Å². The Kier molecular flexibility index (Phi) is 11.2. The zero-order valence-electron chi connectivity index (χ0n) is 23.2. The largest absolute Gasteiger partial charge is 0.467 e. The number of hydrogen-bond acceptors (Lipinski definition) is 6. The molecule has 216 valence electrons. The highest BCUT2D eigenvalue weighted by Gasteiger charge is 2.25. The SMILES string of the molecule is COCc1ccc(NC2CCC(/C=C/c3ccc(C[C@H](NC(=O)c4c(Cl)cccc4Cl)C(=O)OC)cc3)CC2)nc1. The lowest BCUT2D eigenvalue weighted by Crippen LogP contribution is -2.43. The van der Waals surface area contributed by atoms with E-state index in [9.17, 15) is 9.59 Å². The van der Waals surface area contributed by atoms with Crippen LogP contribution in [0.3, 0.4) is 0 Å². The maximum atomic E-state index is 12.8. The van der Waals surface area contributed by atoms with Crippen molar-refractivity contribution in [1.82, 2.24) is 10.3 Å². The fraction of sp³-hybridized carbons (Fsp3) is 0.344. The molecule has 0 saturated heterocycles. The van der Waals surface area contributed by atoms with Crippen LogP contribution in [0.4, 0.5) is 5.82 Å². The molecule has 9 heteroatoms. The summed E-state index contributed by atoms with van der Waals surface area (Å²) in [6, 6.07) is 16.3. The number of nitrogens with one attached hydrogen (secondary N) is 2. The Morgan fingerprint density at radius 3 is 2.27 bits per heavy atom. The zero-order chi connectivity index (χ0) is 29.2. The molecule has 1 aliphatic carbocycles. The van der Waals surface area contributed by atoms with Gasteiger partial charge in [0, 0.05) is 25.8 Å². The number of nitrogens with zero attached hydrogens (tertiary/aromatic N) is 1. The first-order valence-electron chi connectivity index (χ1n) is 13.7. The third-order valence-corrected chi connectivity index (χ3v) is 7.85. The van der Waals surface area contributed by atoms with Gasteiger partial charge < -0.3 is 20.1 Å². The normalized spacial score (nSPS) is 17.7. The number of aromatic nitrogens is 1. The smallest absolute Gasteiger partial charge is 0.328 e. The molecule has 7 nitrogen and oxygen atoms in total. The van der Waals surface area contributed by atoms with E-state index in [1.54, 1.807) is 25.3 Å². The van der Waals surface area contributed by atoms with Gasteiger partial charge in [0.25, 0.3) is 5.91 Å². The van der Waals surface area contributed by atoms with Gasteiger partial charge in [-0.2, -0.15) is 0 Å². The van der Waals surface area contributed by atoms with Gasteiger partial charge in [-0.15, -0.1) is 0 Å². The summed E-state index contributed by atoms with van der Waals surface area (Å²) in [5.41, 5.74) is 3.16. The van der Waals surface area contributed by atoms with Crippen LogP contribution in [0.5, 0.6) is 0 Å². The lowest BCUT2D eigenvalue weighted by Gasteiger charge is -2.28. The number of ether oxygens (including phenoxy) is 2. The average molecular weight is 597 g/mol. The quantitative estimate of drug-likeness (QED) is 0.239. The first-order valence-corrected chi connectivity index (χ1v) is 14.4. The molecule has 1 atom stereocenters. The van der Waals surface area contributed by atoms with Gasteiger partial charge in [0.05, 0.1) is 29.3 Å². The molecule has 1 aliphatic rings. The summed E-state index contributed by atoms with van der Waals surface area (Å²) in [5, 5.41) is 6.69. The summed E-state index contributed by atoms with van der Waals surface area (Å²) >= 11 is 12.3. The van der Waals surface area contributed by atoms with Crippen LogP contribution >= 0.6 is 23.2 Å². The molecule has 41 heavy (non-hydrogen) atoms. The number of hydrogen-bond donors (Lipinski definition) is 2. The fourth-order valence-corrected chi connectivity index (χ4v) is 5.52. The van der Waals surface area contributed by atoms with E-state index in [4.69, 9.17) is 32.7 Å². The van der Waals surface area contributed by atoms with Crippen molar-refractivity contribution in [3.8, 4) is 0 Å². The van der Waals surface area contributed by atoms with Gasteiger partial charge in [-0.1, -0.05) is 71.8 Å². The van der Waals surface area contributed by atoms with E-state index in [2.05, 4.69) is 27.8 Å². The minimum absolute atomic E-state index is 0.128. The van der Waals surface area contributed by atoms with Gasteiger partial charge in [-0.3, -0.25) is 4.79 Å². The second kappa shape index (κ2) is 15.0. The van der Waals surface area contributed by atoms with E-state index < -0.39 is 17.9 Å². The lowest BCUT2D eigenvalue weighted by molar-refractivity contribution is -0.142. The van der Waals surface area contributed by atoms with Gasteiger partial charge >= 0.3 is 5.97 Å². The first-order chi connectivity index (χ1) is 19.9. The number of rotatable bonds is 11. The fourth-order valence-electron chi connectivity index (χ4n) is 4.96. The van der Waals surface area contributed by atoms with Crippen molar-refractivity contribution in [2.75, 3.05) is 19.5 Å². The second-order valence-electron chi connectivity index (χ2n) is 10.2. The molecule has 1 saturated carbocycles. The van der Waals surface area contributed by atoms with E-state index >= 15 is 0 Å². The summed E-state index contributed by atoms with van der Waals surface area (Å²) in [6.45, 7) is 0.569. The summed E-state index contributed by atoms with van der Waals surface area (Å²) in [6.07, 6.45) is 11.0. The molecule has 0 spiro atoms. The third-order valence-electron chi connectivity index (χ3n) is 7.22. The monoisotopic (exact) mass is 595 g/mol. The first kappa shape index (κ1) is 30.6. The number of benzene rings is 2. The maximum absolute atomic E-state index is 12.8. The van der Waals surface area contributed by atoms with E-state index in [1.807, 2.05) is 42.6 Å². The highest BCUT2D eigenvalue weighted by Crippen LogP contribution is 2.28. The molecule has 0 radical (unpaired) electrons. The van der Waals surface area contributed by atoms with Crippen LogP contribution in [0.25, 0.3) is 6.08 Å². The highest BCUT2D eigenvalue weighted by molar-refractivity contribution is 6.39. The van der Waals surface area contributed by atoms with Gasteiger partial charge in [0.15, 0.2) is 0 Å². The molecular weight excluding hydrogens is 561 g/mol. The number of pyridine rings is 1. The zero-order valence-corrected chi connectivity index (χ0v) is 24.8. The Bertz CT molecular complexity index is 1320. The van der Waals surface area contributed by atoms with Crippen LogP contribution in [0.15, 0.2) is 66.9 Å². The molecule has 1 aromatic heterocycles. The number of amides is 1. The van der Waals surface area contributed by atoms with Crippen molar-refractivity contribution in [3.05, 3.63) is 99.2 Å². The van der Waals surface area contributed by atoms with E-state index in [0.29, 0.717) is 18.6 Å². The summed E-state index contributed by atoms with van der Waals surface area (Å²) < 4.78 is 10.1. The van der Waals surface area contributed by atoms with Gasteiger partial charge in [-0.25, -0.2) is 9.78 Å². The number of anilines is 1. The van der Waals surface area contributed by atoms with Crippen molar-refractivity contribution in [1.29, 1.82) is 0 Å². The molecule has 1 fully saturated rings. The topological polar surface area (TPSA) is 89.6 Å². The lowest BCUT2D eigenvalue weighted by atomic mass is 9.85. The molecule has 2 N–H and O–H groups in total. The molecule has 0 aliphatic heterocycles. The number of esters is 1. The molecule has 2 aromatic carbocycles. The Labute approximate surface area is 251 Å². The predicted molar refractivity (Wildman–Crippen MR) is 163 cm³/mol. The van der Waals surface area contributed by atoms with E-state index in [0.717, 1.165) is 48.2 Å². The summed E-state index contributed by atoms with van der Waals surface area (Å²) in [5.74, 6) is 0.358. The molecule has 3 aromatic rings. The molecule has 4 rings (SSSR count). The van der Waals surface area contributed by atoms with E-state index in [1.165, 1.54) is 7.11 Å². The van der Waals surface area contributed by atoms with Gasteiger partial charge in [0.2, 0.25) is 0 Å². The van der Waals surface area contributed by atoms with Gasteiger partial charge in [-0.05, 0) is 66.5 Å². The number of carbonyl (C=O) groups is 2. The number of halogens is 2. The van der Waals surface area contributed by atoms with Crippen molar-refractivity contribution >= 4 is 47.0 Å².